The second kappa shape index (κ2) is 7.31. The summed E-state index contributed by atoms with van der Waals surface area (Å²) >= 11 is 5.87. The third-order valence-electron chi connectivity index (χ3n) is 4.17. The van der Waals surface area contributed by atoms with E-state index in [4.69, 9.17) is 11.6 Å². The van der Waals surface area contributed by atoms with Gasteiger partial charge in [-0.1, -0.05) is 38.1 Å². The van der Waals surface area contributed by atoms with Gasteiger partial charge in [0.1, 0.15) is 0 Å². The second-order valence-corrected chi connectivity index (χ2v) is 6.50. The topological polar surface area (TPSA) is 3.24 Å². The minimum atomic E-state index is 0.622. The van der Waals surface area contributed by atoms with Gasteiger partial charge in [0.15, 0.2) is 0 Å². The first kappa shape index (κ1) is 14.9. The molecule has 1 nitrogen and oxygen atoms in total. The number of benzene rings is 1. The van der Waals surface area contributed by atoms with Crippen LogP contribution in [0.5, 0.6) is 0 Å². The lowest BCUT2D eigenvalue weighted by molar-refractivity contribution is 0.165. The third-order valence-corrected chi connectivity index (χ3v) is 4.39. The highest BCUT2D eigenvalue weighted by Crippen LogP contribution is 2.22. The molecule has 1 saturated heterocycles. The molecular formula is C17H26ClN. The highest BCUT2D eigenvalue weighted by atomic mass is 35.5. The molecule has 0 aliphatic carbocycles. The molecule has 1 heterocycles. The molecule has 1 aliphatic heterocycles. The molecule has 0 aromatic heterocycles. The largest absolute Gasteiger partial charge is 0.299 e. The van der Waals surface area contributed by atoms with Gasteiger partial charge in [-0.15, -0.1) is 11.6 Å². The maximum absolute atomic E-state index is 5.87. The summed E-state index contributed by atoms with van der Waals surface area (Å²) in [4.78, 5) is 2.59. The van der Waals surface area contributed by atoms with E-state index in [1.165, 1.54) is 43.5 Å². The van der Waals surface area contributed by atoms with Crippen molar-refractivity contribution in [1.82, 2.24) is 4.90 Å². The van der Waals surface area contributed by atoms with E-state index < -0.39 is 0 Å². The van der Waals surface area contributed by atoms with Crippen LogP contribution in [-0.2, 0) is 6.54 Å². The molecule has 2 heteroatoms. The zero-order valence-corrected chi connectivity index (χ0v) is 13.0. The second-order valence-electron chi connectivity index (χ2n) is 6.12. The molecule has 106 valence electrons. The molecule has 1 atom stereocenters. The highest BCUT2D eigenvalue weighted by Gasteiger charge is 2.19. The van der Waals surface area contributed by atoms with E-state index in [2.05, 4.69) is 43.0 Å². The predicted octanol–water partition coefficient (Wildman–Crippen LogP) is 4.65. The molecule has 0 saturated carbocycles. The Bertz CT molecular complexity index is 369. The van der Waals surface area contributed by atoms with Gasteiger partial charge in [-0.05, 0) is 48.8 Å². The minimum Gasteiger partial charge on any atom is -0.299 e. The van der Waals surface area contributed by atoms with Crippen molar-refractivity contribution in [1.29, 1.82) is 0 Å². The lowest BCUT2D eigenvalue weighted by Crippen LogP contribution is -2.35. The first-order valence-corrected chi connectivity index (χ1v) is 8.09. The summed E-state index contributed by atoms with van der Waals surface area (Å²) in [6.45, 7) is 8.05. The standard InChI is InChI=1S/C17H26ClN/c1-14(2)17-7-5-16(6-8-17)13-19-11-3-4-15(12-19)9-10-18/h5-8,14-15H,3-4,9-13H2,1-2H3. The van der Waals surface area contributed by atoms with Gasteiger partial charge in [0.25, 0.3) is 0 Å². The van der Waals surface area contributed by atoms with Crippen LogP contribution in [-0.4, -0.2) is 23.9 Å². The molecule has 0 radical (unpaired) electrons. The molecule has 1 unspecified atom stereocenters. The molecule has 1 fully saturated rings. The van der Waals surface area contributed by atoms with E-state index in [1.807, 2.05) is 0 Å². The smallest absolute Gasteiger partial charge is 0.0233 e. The monoisotopic (exact) mass is 279 g/mol. The highest BCUT2D eigenvalue weighted by molar-refractivity contribution is 6.17. The lowest BCUT2D eigenvalue weighted by atomic mass is 9.95. The third kappa shape index (κ3) is 4.50. The van der Waals surface area contributed by atoms with Crippen molar-refractivity contribution < 1.29 is 0 Å². The molecule has 2 rings (SSSR count). The zero-order valence-electron chi connectivity index (χ0n) is 12.2. The van der Waals surface area contributed by atoms with Gasteiger partial charge in [0.2, 0.25) is 0 Å². The number of halogens is 1. The number of hydrogen-bond acceptors (Lipinski definition) is 1. The molecule has 0 bridgehead atoms. The van der Waals surface area contributed by atoms with Crippen molar-refractivity contribution in [2.24, 2.45) is 5.92 Å². The fraction of sp³-hybridized carbons (Fsp3) is 0.647. The number of likely N-dealkylation sites (tertiary alicyclic amines) is 1. The van der Waals surface area contributed by atoms with Crippen LogP contribution in [0.15, 0.2) is 24.3 Å². The van der Waals surface area contributed by atoms with Crippen LogP contribution in [0.2, 0.25) is 0 Å². The lowest BCUT2D eigenvalue weighted by Gasteiger charge is -2.32. The van der Waals surface area contributed by atoms with Crippen molar-refractivity contribution in [2.75, 3.05) is 19.0 Å². The van der Waals surface area contributed by atoms with Gasteiger partial charge < -0.3 is 0 Å². The average Bonchev–Trinajstić information content (AvgIpc) is 2.40. The summed E-state index contributed by atoms with van der Waals surface area (Å²) in [6.07, 6.45) is 3.85. The van der Waals surface area contributed by atoms with Crippen molar-refractivity contribution >= 4 is 11.6 Å². The fourth-order valence-corrected chi connectivity index (χ4v) is 3.26. The van der Waals surface area contributed by atoms with Gasteiger partial charge in [0, 0.05) is 19.0 Å². The van der Waals surface area contributed by atoms with Gasteiger partial charge in [-0.25, -0.2) is 0 Å². The van der Waals surface area contributed by atoms with Crippen molar-refractivity contribution in [2.45, 2.75) is 45.6 Å². The Labute approximate surface area is 123 Å². The molecule has 0 N–H and O–H groups in total. The van der Waals surface area contributed by atoms with E-state index >= 15 is 0 Å². The van der Waals surface area contributed by atoms with Gasteiger partial charge in [0.05, 0.1) is 0 Å². The van der Waals surface area contributed by atoms with Crippen molar-refractivity contribution in [3.63, 3.8) is 0 Å². The Balaban J connectivity index is 1.89. The summed E-state index contributed by atoms with van der Waals surface area (Å²) in [5.74, 6) is 2.24. The summed E-state index contributed by atoms with van der Waals surface area (Å²) in [5, 5.41) is 0. The zero-order chi connectivity index (χ0) is 13.7. The molecule has 0 spiro atoms. The van der Waals surface area contributed by atoms with Crippen LogP contribution in [0.25, 0.3) is 0 Å². The minimum absolute atomic E-state index is 0.622. The normalized spacial score (nSPS) is 20.9. The first-order valence-electron chi connectivity index (χ1n) is 7.56. The number of alkyl halides is 1. The summed E-state index contributed by atoms with van der Waals surface area (Å²) in [5.41, 5.74) is 2.87. The molecule has 0 amide bonds. The van der Waals surface area contributed by atoms with Gasteiger partial charge in [-0.3, -0.25) is 4.90 Å². The molecule has 19 heavy (non-hydrogen) atoms. The Morgan fingerprint density at radius 1 is 1.26 bits per heavy atom. The summed E-state index contributed by atoms with van der Waals surface area (Å²) in [6, 6.07) is 9.14. The Morgan fingerprint density at radius 2 is 2.00 bits per heavy atom. The Kier molecular flexibility index (Phi) is 5.72. The Hall–Kier alpha value is -0.530. The number of rotatable bonds is 5. The van der Waals surface area contributed by atoms with Gasteiger partial charge >= 0.3 is 0 Å². The van der Waals surface area contributed by atoms with E-state index in [9.17, 15) is 0 Å². The van der Waals surface area contributed by atoms with E-state index in [0.717, 1.165) is 18.3 Å². The van der Waals surface area contributed by atoms with Crippen molar-refractivity contribution in [3.05, 3.63) is 35.4 Å². The van der Waals surface area contributed by atoms with Crippen LogP contribution >= 0.6 is 11.6 Å². The van der Waals surface area contributed by atoms with Gasteiger partial charge in [-0.2, -0.15) is 0 Å². The van der Waals surface area contributed by atoms with Crippen LogP contribution in [0, 0.1) is 5.92 Å². The SMILES string of the molecule is CC(C)c1ccc(CN2CCCC(CCCl)C2)cc1. The molecule has 1 aliphatic rings. The maximum atomic E-state index is 5.87. The average molecular weight is 280 g/mol. The van der Waals surface area contributed by atoms with E-state index in [1.54, 1.807) is 0 Å². The van der Waals surface area contributed by atoms with Crippen LogP contribution < -0.4 is 0 Å². The van der Waals surface area contributed by atoms with Crippen molar-refractivity contribution in [3.8, 4) is 0 Å². The quantitative estimate of drug-likeness (QED) is 0.709. The summed E-state index contributed by atoms with van der Waals surface area (Å²) < 4.78 is 0. The number of piperidine rings is 1. The molecule has 1 aromatic carbocycles. The van der Waals surface area contributed by atoms with E-state index in [0.29, 0.717) is 5.92 Å². The first-order chi connectivity index (χ1) is 9.19. The molecule has 1 aromatic rings. The fourth-order valence-electron chi connectivity index (χ4n) is 2.95. The molecular weight excluding hydrogens is 254 g/mol. The van der Waals surface area contributed by atoms with Crippen LogP contribution in [0.3, 0.4) is 0 Å². The van der Waals surface area contributed by atoms with Crippen LogP contribution in [0.4, 0.5) is 0 Å². The van der Waals surface area contributed by atoms with Crippen LogP contribution in [0.1, 0.15) is 50.2 Å². The summed E-state index contributed by atoms with van der Waals surface area (Å²) in [7, 11) is 0. The Morgan fingerprint density at radius 3 is 2.63 bits per heavy atom. The van der Waals surface area contributed by atoms with E-state index in [-0.39, 0.29) is 0 Å². The predicted molar refractivity (Wildman–Crippen MR) is 83.9 cm³/mol. The number of hydrogen-bond donors (Lipinski definition) is 0. The number of nitrogens with zero attached hydrogens (tertiary/aromatic N) is 1. The maximum Gasteiger partial charge on any atom is 0.0233 e.